The van der Waals surface area contributed by atoms with E-state index in [9.17, 15) is 4.79 Å². The Morgan fingerprint density at radius 3 is 2.64 bits per heavy atom. The SMILES string of the molecule is CCc1nnnn1-c1ccccc1NC(=O)C(C)Oc1ccccc1. The van der Waals surface area contributed by atoms with Gasteiger partial charge in [-0.3, -0.25) is 4.79 Å². The number of nitrogens with one attached hydrogen (secondary N) is 1. The zero-order valence-corrected chi connectivity index (χ0v) is 14.1. The zero-order valence-electron chi connectivity index (χ0n) is 14.1. The highest BCUT2D eigenvalue weighted by molar-refractivity contribution is 5.95. The number of carbonyl (C=O) groups excluding carboxylic acids is 1. The average molecular weight is 337 g/mol. The van der Waals surface area contributed by atoms with Crippen molar-refractivity contribution in [2.24, 2.45) is 0 Å². The normalized spacial score (nSPS) is 11.8. The highest BCUT2D eigenvalue weighted by atomic mass is 16.5. The Morgan fingerprint density at radius 1 is 1.16 bits per heavy atom. The molecule has 25 heavy (non-hydrogen) atoms. The van der Waals surface area contributed by atoms with Crippen molar-refractivity contribution < 1.29 is 9.53 Å². The van der Waals surface area contributed by atoms with Crippen molar-refractivity contribution in [3.05, 3.63) is 60.4 Å². The zero-order chi connectivity index (χ0) is 17.6. The number of anilines is 1. The largest absolute Gasteiger partial charge is 0.481 e. The summed E-state index contributed by atoms with van der Waals surface area (Å²) >= 11 is 0. The highest BCUT2D eigenvalue weighted by Gasteiger charge is 2.18. The third-order valence-electron chi connectivity index (χ3n) is 3.67. The number of benzene rings is 2. The summed E-state index contributed by atoms with van der Waals surface area (Å²) in [6.07, 6.45) is 0.0398. The molecule has 2 aromatic carbocycles. The lowest BCUT2D eigenvalue weighted by Crippen LogP contribution is -2.30. The Hall–Kier alpha value is -3.22. The molecule has 0 fully saturated rings. The van der Waals surface area contributed by atoms with E-state index in [1.807, 2.05) is 61.5 Å². The first kappa shape index (κ1) is 16.6. The van der Waals surface area contributed by atoms with Gasteiger partial charge >= 0.3 is 0 Å². The minimum absolute atomic E-state index is 0.248. The quantitative estimate of drug-likeness (QED) is 0.748. The predicted molar refractivity (Wildman–Crippen MR) is 93.7 cm³/mol. The first-order chi connectivity index (χ1) is 12.2. The molecule has 3 aromatic rings. The fourth-order valence-electron chi connectivity index (χ4n) is 2.37. The summed E-state index contributed by atoms with van der Waals surface area (Å²) in [6.45, 7) is 3.68. The van der Waals surface area contributed by atoms with Crippen LogP contribution in [0.3, 0.4) is 0 Å². The number of ether oxygens (including phenoxy) is 1. The van der Waals surface area contributed by atoms with E-state index in [1.165, 1.54) is 0 Å². The van der Waals surface area contributed by atoms with E-state index in [0.717, 1.165) is 5.82 Å². The fourth-order valence-corrected chi connectivity index (χ4v) is 2.37. The van der Waals surface area contributed by atoms with E-state index in [2.05, 4.69) is 20.8 Å². The van der Waals surface area contributed by atoms with Gasteiger partial charge in [0.25, 0.3) is 5.91 Å². The molecular weight excluding hydrogens is 318 g/mol. The summed E-state index contributed by atoms with van der Waals surface area (Å²) in [6, 6.07) is 16.6. The van der Waals surface area contributed by atoms with Crippen LogP contribution < -0.4 is 10.1 Å². The van der Waals surface area contributed by atoms with E-state index in [1.54, 1.807) is 11.6 Å². The van der Waals surface area contributed by atoms with E-state index >= 15 is 0 Å². The molecule has 0 aliphatic carbocycles. The van der Waals surface area contributed by atoms with Crippen molar-refractivity contribution in [3.63, 3.8) is 0 Å². The van der Waals surface area contributed by atoms with Crippen molar-refractivity contribution in [3.8, 4) is 11.4 Å². The topological polar surface area (TPSA) is 81.9 Å². The number of aryl methyl sites for hydroxylation is 1. The summed E-state index contributed by atoms with van der Waals surface area (Å²) in [5, 5.41) is 14.6. The Labute approximate surface area is 145 Å². The standard InChI is InChI=1S/C18H19N5O2/c1-3-17-20-21-22-23(17)16-12-8-7-11-15(16)19-18(24)13(2)25-14-9-5-4-6-10-14/h4-13H,3H2,1-2H3,(H,19,24). The number of amides is 1. The predicted octanol–water partition coefficient (Wildman–Crippen LogP) is 2.63. The number of hydrogen-bond donors (Lipinski definition) is 1. The molecule has 7 nitrogen and oxygen atoms in total. The number of hydrogen-bond acceptors (Lipinski definition) is 5. The van der Waals surface area contributed by atoms with Crippen LogP contribution in [0, 0.1) is 0 Å². The van der Waals surface area contributed by atoms with Gasteiger partial charge in [-0.15, -0.1) is 5.10 Å². The Kier molecular flexibility index (Phi) is 5.03. The van der Waals surface area contributed by atoms with Gasteiger partial charge in [-0.2, -0.15) is 4.68 Å². The summed E-state index contributed by atoms with van der Waals surface area (Å²) < 4.78 is 7.29. The average Bonchev–Trinajstić information content (AvgIpc) is 3.11. The third-order valence-corrected chi connectivity index (χ3v) is 3.67. The van der Waals surface area contributed by atoms with E-state index in [-0.39, 0.29) is 5.91 Å². The third kappa shape index (κ3) is 3.82. The van der Waals surface area contributed by atoms with Crippen LogP contribution in [0.25, 0.3) is 5.69 Å². The van der Waals surface area contributed by atoms with Crippen LogP contribution in [-0.2, 0) is 11.2 Å². The molecule has 0 spiro atoms. The van der Waals surface area contributed by atoms with Gasteiger partial charge in [0.1, 0.15) is 5.75 Å². The van der Waals surface area contributed by atoms with E-state index < -0.39 is 6.10 Å². The van der Waals surface area contributed by atoms with Crippen molar-refractivity contribution in [2.45, 2.75) is 26.4 Å². The molecule has 0 bridgehead atoms. The Bertz CT molecular complexity index is 847. The van der Waals surface area contributed by atoms with Gasteiger partial charge in [-0.25, -0.2) is 0 Å². The van der Waals surface area contributed by atoms with Crippen molar-refractivity contribution in [2.75, 3.05) is 5.32 Å². The van der Waals surface area contributed by atoms with Gasteiger partial charge in [0.15, 0.2) is 11.9 Å². The Balaban J connectivity index is 1.78. The lowest BCUT2D eigenvalue weighted by molar-refractivity contribution is -0.122. The minimum Gasteiger partial charge on any atom is -0.481 e. The summed E-state index contributed by atoms with van der Waals surface area (Å²) in [4.78, 5) is 12.5. The van der Waals surface area contributed by atoms with E-state index in [0.29, 0.717) is 23.5 Å². The van der Waals surface area contributed by atoms with Gasteiger partial charge in [0.05, 0.1) is 11.4 Å². The molecule has 0 radical (unpaired) electrons. The number of carbonyl (C=O) groups is 1. The highest BCUT2D eigenvalue weighted by Crippen LogP contribution is 2.21. The maximum Gasteiger partial charge on any atom is 0.265 e. The molecule has 0 aliphatic heterocycles. The summed E-state index contributed by atoms with van der Waals surface area (Å²) in [5.41, 5.74) is 1.34. The van der Waals surface area contributed by atoms with Gasteiger partial charge < -0.3 is 10.1 Å². The summed E-state index contributed by atoms with van der Waals surface area (Å²) in [7, 11) is 0. The van der Waals surface area contributed by atoms with Crippen LogP contribution in [0.2, 0.25) is 0 Å². The molecule has 3 rings (SSSR count). The van der Waals surface area contributed by atoms with Crippen LogP contribution in [-0.4, -0.2) is 32.2 Å². The molecule has 1 heterocycles. The second-order valence-corrected chi connectivity index (χ2v) is 5.44. The van der Waals surface area contributed by atoms with Crippen LogP contribution in [0.1, 0.15) is 19.7 Å². The molecule has 1 atom stereocenters. The summed E-state index contributed by atoms with van der Waals surface area (Å²) in [5.74, 6) is 1.12. The number of rotatable bonds is 6. The van der Waals surface area contributed by atoms with Crippen molar-refractivity contribution >= 4 is 11.6 Å². The molecule has 0 aliphatic rings. The first-order valence-corrected chi connectivity index (χ1v) is 8.08. The van der Waals surface area contributed by atoms with Crippen LogP contribution in [0.15, 0.2) is 54.6 Å². The van der Waals surface area contributed by atoms with Gasteiger partial charge in [0, 0.05) is 6.42 Å². The molecule has 128 valence electrons. The molecule has 7 heteroatoms. The Morgan fingerprint density at radius 2 is 1.88 bits per heavy atom. The molecule has 1 aromatic heterocycles. The second-order valence-electron chi connectivity index (χ2n) is 5.44. The smallest absolute Gasteiger partial charge is 0.265 e. The molecule has 0 saturated carbocycles. The first-order valence-electron chi connectivity index (χ1n) is 8.08. The van der Waals surface area contributed by atoms with Crippen LogP contribution in [0.5, 0.6) is 5.75 Å². The lowest BCUT2D eigenvalue weighted by Gasteiger charge is -2.16. The molecular formula is C18H19N5O2. The van der Waals surface area contributed by atoms with Crippen LogP contribution >= 0.6 is 0 Å². The number of tetrazole rings is 1. The maximum atomic E-state index is 12.5. The number of nitrogens with zero attached hydrogens (tertiary/aromatic N) is 4. The van der Waals surface area contributed by atoms with Gasteiger partial charge in [-0.05, 0) is 41.6 Å². The van der Waals surface area contributed by atoms with Gasteiger partial charge in [0.2, 0.25) is 0 Å². The number of para-hydroxylation sites is 3. The van der Waals surface area contributed by atoms with Crippen molar-refractivity contribution in [1.82, 2.24) is 20.2 Å². The van der Waals surface area contributed by atoms with Gasteiger partial charge in [-0.1, -0.05) is 37.3 Å². The second kappa shape index (κ2) is 7.57. The monoisotopic (exact) mass is 337 g/mol. The molecule has 1 unspecified atom stereocenters. The minimum atomic E-state index is -0.644. The lowest BCUT2D eigenvalue weighted by atomic mass is 10.2. The van der Waals surface area contributed by atoms with Crippen molar-refractivity contribution in [1.29, 1.82) is 0 Å². The molecule has 1 N–H and O–H groups in total. The molecule has 0 saturated heterocycles. The number of aromatic nitrogens is 4. The van der Waals surface area contributed by atoms with E-state index in [4.69, 9.17) is 4.74 Å². The fraction of sp³-hybridized carbons (Fsp3) is 0.222. The maximum absolute atomic E-state index is 12.5. The molecule has 1 amide bonds. The van der Waals surface area contributed by atoms with Crippen LogP contribution in [0.4, 0.5) is 5.69 Å².